The van der Waals surface area contributed by atoms with Gasteiger partial charge in [0.15, 0.2) is 5.58 Å². The normalized spacial score (nSPS) is 16.2. The van der Waals surface area contributed by atoms with E-state index in [-0.39, 0.29) is 11.8 Å². The average Bonchev–Trinajstić information content (AvgIpc) is 3.41. The van der Waals surface area contributed by atoms with Crippen LogP contribution in [0, 0.1) is 18.3 Å². The van der Waals surface area contributed by atoms with Crippen molar-refractivity contribution in [2.24, 2.45) is 0 Å². The van der Waals surface area contributed by atoms with Gasteiger partial charge in [-0.15, -0.1) is 0 Å². The second-order valence-electron chi connectivity index (χ2n) is 8.45. The standard InChI is InChI=1S/C24H27N5O2/c1-15-18(13-25)20-22(31-23(26-20)24(30)28(4)5)21(19(15)16-9-7-6-8-10-16)29-12-11-17(14-29)27(2)3/h6-10,17H,11-12,14H2,1-5H3/t17-/m1/s1. The summed E-state index contributed by atoms with van der Waals surface area (Å²) in [4.78, 5) is 23.0. The highest BCUT2D eigenvalue weighted by Crippen LogP contribution is 2.44. The number of rotatable bonds is 4. The van der Waals surface area contributed by atoms with Crippen molar-refractivity contribution in [3.05, 3.63) is 47.3 Å². The average molecular weight is 418 g/mol. The molecular weight excluding hydrogens is 390 g/mol. The zero-order valence-corrected chi connectivity index (χ0v) is 18.6. The number of amides is 1. The fraction of sp³-hybridized carbons (Fsp3) is 0.375. The summed E-state index contributed by atoms with van der Waals surface area (Å²) in [5.41, 5.74) is 5.14. The van der Waals surface area contributed by atoms with Gasteiger partial charge in [0.05, 0.1) is 11.3 Å². The van der Waals surface area contributed by atoms with Crippen molar-refractivity contribution in [2.45, 2.75) is 19.4 Å². The minimum absolute atomic E-state index is 0.00529. The van der Waals surface area contributed by atoms with Gasteiger partial charge in [-0.1, -0.05) is 30.3 Å². The van der Waals surface area contributed by atoms with Crippen molar-refractivity contribution in [1.82, 2.24) is 14.8 Å². The molecule has 31 heavy (non-hydrogen) atoms. The Morgan fingerprint density at radius 2 is 1.94 bits per heavy atom. The highest BCUT2D eigenvalue weighted by molar-refractivity contribution is 6.04. The van der Waals surface area contributed by atoms with Gasteiger partial charge in [0.2, 0.25) is 0 Å². The molecule has 1 saturated heterocycles. The molecule has 1 aromatic heterocycles. The Morgan fingerprint density at radius 3 is 2.52 bits per heavy atom. The summed E-state index contributed by atoms with van der Waals surface area (Å²) in [6.45, 7) is 3.65. The molecule has 0 saturated carbocycles. The first-order valence-electron chi connectivity index (χ1n) is 10.4. The molecule has 0 N–H and O–H groups in total. The van der Waals surface area contributed by atoms with Crippen LogP contribution in [-0.2, 0) is 0 Å². The fourth-order valence-corrected chi connectivity index (χ4v) is 4.29. The number of likely N-dealkylation sites (N-methyl/N-ethyl adjacent to an activating group) is 1. The van der Waals surface area contributed by atoms with Crippen LogP contribution in [0.1, 0.15) is 28.2 Å². The number of oxazole rings is 1. The van der Waals surface area contributed by atoms with Gasteiger partial charge in [-0.05, 0) is 38.6 Å². The second kappa shape index (κ2) is 8.05. The number of benzene rings is 2. The number of hydrogen-bond donors (Lipinski definition) is 0. The van der Waals surface area contributed by atoms with Gasteiger partial charge in [0.25, 0.3) is 5.89 Å². The van der Waals surface area contributed by atoms with Crippen LogP contribution < -0.4 is 4.90 Å². The molecule has 7 heteroatoms. The van der Waals surface area contributed by atoms with E-state index in [1.165, 1.54) is 4.90 Å². The van der Waals surface area contributed by atoms with Gasteiger partial charge in [-0.25, -0.2) is 4.98 Å². The molecule has 0 spiro atoms. The number of carbonyl (C=O) groups is 1. The molecule has 1 aliphatic heterocycles. The van der Waals surface area contributed by atoms with Gasteiger partial charge in [0.1, 0.15) is 11.6 Å². The number of carbonyl (C=O) groups excluding carboxylic acids is 1. The maximum atomic E-state index is 12.6. The molecule has 1 fully saturated rings. The SMILES string of the molecule is Cc1c(-c2ccccc2)c(N2CC[C@@H](N(C)C)C2)c2oc(C(=O)N(C)C)nc2c1C#N. The van der Waals surface area contributed by atoms with Crippen LogP contribution in [0.15, 0.2) is 34.7 Å². The highest BCUT2D eigenvalue weighted by Gasteiger charge is 2.32. The third-order valence-corrected chi connectivity index (χ3v) is 6.04. The van der Waals surface area contributed by atoms with E-state index in [0.717, 1.165) is 41.9 Å². The Morgan fingerprint density at radius 1 is 1.23 bits per heavy atom. The molecular formula is C24H27N5O2. The lowest BCUT2D eigenvalue weighted by Gasteiger charge is -2.25. The fourth-order valence-electron chi connectivity index (χ4n) is 4.29. The zero-order valence-electron chi connectivity index (χ0n) is 18.6. The van der Waals surface area contributed by atoms with E-state index in [1.807, 2.05) is 37.3 Å². The summed E-state index contributed by atoms with van der Waals surface area (Å²) in [5, 5.41) is 9.97. The summed E-state index contributed by atoms with van der Waals surface area (Å²) in [5.74, 6) is -0.316. The van der Waals surface area contributed by atoms with Crippen LogP contribution >= 0.6 is 0 Å². The molecule has 0 bridgehead atoms. The Balaban J connectivity index is 2.04. The Labute approximate surface area is 182 Å². The van der Waals surface area contributed by atoms with Gasteiger partial charge in [-0.3, -0.25) is 4.79 Å². The number of aromatic nitrogens is 1. The van der Waals surface area contributed by atoms with Crippen LogP contribution in [-0.4, -0.2) is 68.0 Å². The molecule has 4 rings (SSSR count). The predicted molar refractivity (Wildman–Crippen MR) is 121 cm³/mol. The summed E-state index contributed by atoms with van der Waals surface area (Å²) < 4.78 is 6.08. The molecule has 2 heterocycles. The maximum absolute atomic E-state index is 12.6. The Kier molecular flexibility index (Phi) is 5.42. The minimum Gasteiger partial charge on any atom is -0.430 e. The van der Waals surface area contributed by atoms with E-state index in [9.17, 15) is 10.1 Å². The molecule has 0 unspecified atom stereocenters. The first-order chi connectivity index (χ1) is 14.8. The van der Waals surface area contributed by atoms with Crippen LogP contribution in [0.4, 0.5) is 5.69 Å². The minimum atomic E-state index is -0.322. The van der Waals surface area contributed by atoms with Crippen LogP contribution in [0.5, 0.6) is 0 Å². The molecule has 3 aromatic rings. The molecule has 2 aromatic carbocycles. The Bertz CT molecular complexity index is 1170. The van der Waals surface area contributed by atoms with E-state index in [0.29, 0.717) is 22.7 Å². The molecule has 7 nitrogen and oxygen atoms in total. The van der Waals surface area contributed by atoms with E-state index < -0.39 is 0 Å². The molecule has 0 aliphatic carbocycles. The number of fused-ring (bicyclic) bond motifs is 1. The first kappa shape index (κ1) is 20.9. The monoisotopic (exact) mass is 417 g/mol. The van der Waals surface area contributed by atoms with E-state index >= 15 is 0 Å². The van der Waals surface area contributed by atoms with Crippen molar-refractivity contribution in [3.63, 3.8) is 0 Å². The molecule has 1 aliphatic rings. The Hall–Kier alpha value is -3.37. The number of hydrogen-bond acceptors (Lipinski definition) is 6. The van der Waals surface area contributed by atoms with Crippen molar-refractivity contribution in [2.75, 3.05) is 46.2 Å². The molecule has 0 radical (unpaired) electrons. The third-order valence-electron chi connectivity index (χ3n) is 6.04. The van der Waals surface area contributed by atoms with Crippen molar-refractivity contribution >= 4 is 22.7 Å². The van der Waals surface area contributed by atoms with Crippen LogP contribution in [0.25, 0.3) is 22.2 Å². The van der Waals surface area contributed by atoms with Crippen LogP contribution in [0.3, 0.4) is 0 Å². The van der Waals surface area contributed by atoms with Crippen LogP contribution in [0.2, 0.25) is 0 Å². The molecule has 1 atom stereocenters. The van der Waals surface area contributed by atoms with Gasteiger partial charge < -0.3 is 19.1 Å². The summed E-state index contributed by atoms with van der Waals surface area (Å²) >= 11 is 0. The lowest BCUT2D eigenvalue weighted by molar-refractivity contribution is 0.0791. The number of nitriles is 1. The summed E-state index contributed by atoms with van der Waals surface area (Å²) in [6.07, 6.45) is 1.03. The summed E-state index contributed by atoms with van der Waals surface area (Å²) in [6, 6.07) is 12.8. The lowest BCUT2D eigenvalue weighted by Crippen LogP contribution is -2.31. The van der Waals surface area contributed by atoms with Gasteiger partial charge in [-0.2, -0.15) is 5.26 Å². The molecule has 160 valence electrons. The van der Waals surface area contributed by atoms with Gasteiger partial charge >= 0.3 is 5.91 Å². The smallest absolute Gasteiger partial charge is 0.309 e. The zero-order chi connectivity index (χ0) is 22.3. The van der Waals surface area contributed by atoms with Crippen molar-refractivity contribution in [3.8, 4) is 17.2 Å². The first-order valence-corrected chi connectivity index (χ1v) is 10.4. The van der Waals surface area contributed by atoms with E-state index in [1.54, 1.807) is 14.1 Å². The quantitative estimate of drug-likeness (QED) is 0.647. The lowest BCUT2D eigenvalue weighted by atomic mass is 9.93. The number of nitrogens with zero attached hydrogens (tertiary/aromatic N) is 5. The largest absolute Gasteiger partial charge is 0.430 e. The highest BCUT2D eigenvalue weighted by atomic mass is 16.4. The van der Waals surface area contributed by atoms with Gasteiger partial charge in [0, 0.05) is 38.8 Å². The molecule has 1 amide bonds. The topological polar surface area (TPSA) is 76.6 Å². The third kappa shape index (κ3) is 3.53. The maximum Gasteiger partial charge on any atom is 0.309 e. The van der Waals surface area contributed by atoms with Crippen molar-refractivity contribution in [1.29, 1.82) is 5.26 Å². The van der Waals surface area contributed by atoms with Crippen molar-refractivity contribution < 1.29 is 9.21 Å². The van der Waals surface area contributed by atoms with E-state index in [2.05, 4.69) is 34.9 Å². The predicted octanol–water partition coefficient (Wildman–Crippen LogP) is 3.52. The summed E-state index contributed by atoms with van der Waals surface area (Å²) in [7, 11) is 7.50. The number of anilines is 1. The second-order valence-corrected chi connectivity index (χ2v) is 8.45. The van der Waals surface area contributed by atoms with E-state index in [4.69, 9.17) is 4.42 Å².